The molecule has 0 atom stereocenters. The molecule has 0 spiro atoms. The standard InChI is InChI=1S/C17H17N5O2/c1-21-16(23)7-6-15(20-21)17(24)19-10-13-2-4-14(5-3-13)11-22-9-8-18-12-22/h2-9,12H,10-11H2,1H3,(H,19,24). The third-order valence-corrected chi connectivity index (χ3v) is 3.59. The SMILES string of the molecule is Cn1nc(C(=O)NCc2ccc(Cn3ccnc3)cc2)ccc1=O. The van der Waals surface area contributed by atoms with Crippen molar-refractivity contribution in [1.29, 1.82) is 0 Å². The zero-order chi connectivity index (χ0) is 16.9. The molecule has 3 rings (SSSR count). The lowest BCUT2D eigenvalue weighted by Crippen LogP contribution is -2.28. The van der Waals surface area contributed by atoms with Crippen LogP contribution in [0.5, 0.6) is 0 Å². The molecule has 3 aromatic rings. The first-order chi connectivity index (χ1) is 11.6. The van der Waals surface area contributed by atoms with Gasteiger partial charge in [0.2, 0.25) is 0 Å². The molecule has 1 N–H and O–H groups in total. The van der Waals surface area contributed by atoms with Crippen molar-refractivity contribution < 1.29 is 4.79 Å². The van der Waals surface area contributed by atoms with Gasteiger partial charge in [-0.1, -0.05) is 24.3 Å². The lowest BCUT2D eigenvalue weighted by Gasteiger charge is -2.07. The topological polar surface area (TPSA) is 81.8 Å². The predicted octanol–water partition coefficient (Wildman–Crippen LogP) is 0.955. The van der Waals surface area contributed by atoms with Crippen LogP contribution in [0.15, 0.2) is 59.9 Å². The normalized spacial score (nSPS) is 10.5. The molecule has 0 saturated carbocycles. The predicted molar refractivity (Wildman–Crippen MR) is 88.4 cm³/mol. The van der Waals surface area contributed by atoms with Crippen LogP contribution in [0, 0.1) is 0 Å². The number of hydrogen-bond donors (Lipinski definition) is 1. The number of amides is 1. The van der Waals surface area contributed by atoms with Crippen LogP contribution in [-0.4, -0.2) is 25.2 Å². The maximum absolute atomic E-state index is 12.1. The Kier molecular flexibility index (Phi) is 4.51. The van der Waals surface area contributed by atoms with Crippen LogP contribution in [0.25, 0.3) is 0 Å². The van der Waals surface area contributed by atoms with Gasteiger partial charge in [0.1, 0.15) is 5.69 Å². The highest BCUT2D eigenvalue weighted by Crippen LogP contribution is 2.06. The van der Waals surface area contributed by atoms with Crippen molar-refractivity contribution in [3.05, 3.63) is 82.3 Å². The van der Waals surface area contributed by atoms with Crippen molar-refractivity contribution in [1.82, 2.24) is 24.6 Å². The second-order valence-electron chi connectivity index (χ2n) is 5.41. The average molecular weight is 323 g/mol. The van der Waals surface area contributed by atoms with Crippen molar-refractivity contribution in [2.24, 2.45) is 7.05 Å². The van der Waals surface area contributed by atoms with Crippen LogP contribution < -0.4 is 10.9 Å². The van der Waals surface area contributed by atoms with Crippen LogP contribution in [0.2, 0.25) is 0 Å². The molecule has 7 nitrogen and oxygen atoms in total. The Morgan fingerprint density at radius 2 is 1.88 bits per heavy atom. The largest absolute Gasteiger partial charge is 0.347 e. The minimum Gasteiger partial charge on any atom is -0.347 e. The monoisotopic (exact) mass is 323 g/mol. The van der Waals surface area contributed by atoms with E-state index in [1.807, 2.05) is 35.0 Å². The van der Waals surface area contributed by atoms with E-state index >= 15 is 0 Å². The molecule has 0 radical (unpaired) electrons. The molecule has 24 heavy (non-hydrogen) atoms. The Bertz CT molecular complexity index is 882. The Labute approximate surface area is 138 Å². The fourth-order valence-electron chi connectivity index (χ4n) is 2.25. The highest BCUT2D eigenvalue weighted by molar-refractivity contribution is 5.91. The number of hydrogen-bond acceptors (Lipinski definition) is 4. The zero-order valence-electron chi connectivity index (χ0n) is 13.2. The number of carbonyl (C=O) groups excluding carboxylic acids is 1. The fourth-order valence-corrected chi connectivity index (χ4v) is 2.25. The van der Waals surface area contributed by atoms with Crippen molar-refractivity contribution in [3.8, 4) is 0 Å². The van der Waals surface area contributed by atoms with Gasteiger partial charge in [0.15, 0.2) is 0 Å². The molecule has 1 amide bonds. The first kappa shape index (κ1) is 15.7. The summed E-state index contributed by atoms with van der Waals surface area (Å²) in [6.07, 6.45) is 5.43. The molecular weight excluding hydrogens is 306 g/mol. The van der Waals surface area contributed by atoms with Crippen LogP contribution >= 0.6 is 0 Å². The van der Waals surface area contributed by atoms with Gasteiger partial charge in [-0.15, -0.1) is 0 Å². The van der Waals surface area contributed by atoms with E-state index in [0.717, 1.165) is 22.4 Å². The summed E-state index contributed by atoms with van der Waals surface area (Å²) < 4.78 is 3.13. The highest BCUT2D eigenvalue weighted by atomic mass is 16.2. The van der Waals surface area contributed by atoms with E-state index in [1.165, 1.54) is 19.2 Å². The lowest BCUT2D eigenvalue weighted by atomic mass is 10.1. The van der Waals surface area contributed by atoms with Crippen molar-refractivity contribution in [2.45, 2.75) is 13.1 Å². The van der Waals surface area contributed by atoms with Gasteiger partial charge in [0.05, 0.1) is 6.33 Å². The summed E-state index contributed by atoms with van der Waals surface area (Å²) in [5.41, 5.74) is 2.11. The minimum atomic E-state index is -0.312. The molecule has 7 heteroatoms. The van der Waals surface area contributed by atoms with Gasteiger partial charge in [-0.25, -0.2) is 9.67 Å². The number of imidazole rings is 1. The molecular formula is C17H17N5O2. The van der Waals surface area contributed by atoms with Gasteiger partial charge >= 0.3 is 0 Å². The summed E-state index contributed by atoms with van der Waals surface area (Å²) in [6.45, 7) is 1.16. The molecule has 0 fully saturated rings. The maximum atomic E-state index is 12.1. The zero-order valence-corrected chi connectivity index (χ0v) is 13.2. The van der Waals surface area contributed by atoms with Gasteiger partial charge in [-0.3, -0.25) is 9.59 Å². The molecule has 0 aliphatic heterocycles. The Morgan fingerprint density at radius 3 is 2.54 bits per heavy atom. The average Bonchev–Trinajstić information content (AvgIpc) is 3.09. The molecule has 122 valence electrons. The summed E-state index contributed by atoms with van der Waals surface area (Å²) in [5, 5.41) is 6.72. The first-order valence-corrected chi connectivity index (χ1v) is 7.48. The van der Waals surface area contributed by atoms with Crippen LogP contribution in [0.3, 0.4) is 0 Å². The molecule has 0 aliphatic carbocycles. The number of nitrogens with zero attached hydrogens (tertiary/aromatic N) is 4. The van der Waals surface area contributed by atoms with E-state index in [1.54, 1.807) is 12.5 Å². The van der Waals surface area contributed by atoms with Crippen LogP contribution in [-0.2, 0) is 20.1 Å². The van der Waals surface area contributed by atoms with Crippen LogP contribution in [0.4, 0.5) is 0 Å². The fraction of sp³-hybridized carbons (Fsp3) is 0.176. The minimum absolute atomic E-state index is 0.217. The van der Waals surface area contributed by atoms with E-state index in [0.29, 0.717) is 6.54 Å². The van der Waals surface area contributed by atoms with E-state index in [9.17, 15) is 9.59 Å². The number of aryl methyl sites for hydroxylation is 1. The summed E-state index contributed by atoms with van der Waals surface area (Å²) in [7, 11) is 1.51. The molecule has 0 unspecified atom stereocenters. The second kappa shape index (κ2) is 6.91. The van der Waals surface area contributed by atoms with E-state index in [2.05, 4.69) is 15.4 Å². The number of aromatic nitrogens is 4. The Balaban J connectivity index is 1.59. The van der Waals surface area contributed by atoms with Gasteiger partial charge in [-0.2, -0.15) is 5.10 Å². The van der Waals surface area contributed by atoms with Crippen LogP contribution in [0.1, 0.15) is 21.6 Å². The third kappa shape index (κ3) is 3.75. The smallest absolute Gasteiger partial charge is 0.271 e. The van der Waals surface area contributed by atoms with E-state index in [4.69, 9.17) is 0 Å². The summed E-state index contributed by atoms with van der Waals surface area (Å²) in [6, 6.07) is 10.7. The van der Waals surface area contributed by atoms with Crippen molar-refractivity contribution in [3.63, 3.8) is 0 Å². The Morgan fingerprint density at radius 1 is 1.12 bits per heavy atom. The Hall–Kier alpha value is -3.22. The number of nitrogens with one attached hydrogen (secondary N) is 1. The second-order valence-corrected chi connectivity index (χ2v) is 5.41. The van der Waals surface area contributed by atoms with E-state index < -0.39 is 0 Å². The third-order valence-electron chi connectivity index (χ3n) is 3.59. The molecule has 2 heterocycles. The summed E-state index contributed by atoms with van der Waals surface area (Å²) in [5.74, 6) is -0.312. The number of carbonyl (C=O) groups is 1. The summed E-state index contributed by atoms with van der Waals surface area (Å²) >= 11 is 0. The quantitative estimate of drug-likeness (QED) is 0.758. The van der Waals surface area contributed by atoms with E-state index in [-0.39, 0.29) is 17.2 Å². The maximum Gasteiger partial charge on any atom is 0.271 e. The summed E-state index contributed by atoms with van der Waals surface area (Å²) in [4.78, 5) is 27.4. The molecule has 0 bridgehead atoms. The first-order valence-electron chi connectivity index (χ1n) is 7.48. The molecule has 2 aromatic heterocycles. The van der Waals surface area contributed by atoms with Crippen molar-refractivity contribution >= 4 is 5.91 Å². The highest BCUT2D eigenvalue weighted by Gasteiger charge is 2.08. The van der Waals surface area contributed by atoms with Gasteiger partial charge in [-0.05, 0) is 17.2 Å². The van der Waals surface area contributed by atoms with Crippen molar-refractivity contribution in [2.75, 3.05) is 0 Å². The lowest BCUT2D eigenvalue weighted by molar-refractivity contribution is 0.0943. The number of rotatable bonds is 5. The van der Waals surface area contributed by atoms with Gasteiger partial charge in [0, 0.05) is 38.6 Å². The molecule has 0 aliphatic rings. The van der Waals surface area contributed by atoms with Gasteiger partial charge in [0.25, 0.3) is 11.5 Å². The molecule has 0 saturated heterocycles. The van der Waals surface area contributed by atoms with Gasteiger partial charge < -0.3 is 9.88 Å². The number of benzene rings is 1. The molecule has 1 aromatic carbocycles.